The minimum absolute atomic E-state index is 0.0236. The molecule has 0 bridgehead atoms. The van der Waals surface area contributed by atoms with Crippen LogP contribution in [-0.4, -0.2) is 38.4 Å². The predicted molar refractivity (Wildman–Crippen MR) is 127 cm³/mol. The van der Waals surface area contributed by atoms with Crippen molar-refractivity contribution in [1.29, 1.82) is 0 Å². The van der Waals surface area contributed by atoms with Crippen LogP contribution in [0.3, 0.4) is 0 Å². The van der Waals surface area contributed by atoms with E-state index >= 15 is 0 Å². The molecule has 1 fully saturated rings. The number of rotatable bonds is 8. The van der Waals surface area contributed by atoms with E-state index in [2.05, 4.69) is 10.0 Å². The van der Waals surface area contributed by atoms with Crippen LogP contribution in [0, 0.1) is 10.1 Å². The molecule has 4 rings (SSSR count). The van der Waals surface area contributed by atoms with Crippen molar-refractivity contribution in [3.63, 3.8) is 0 Å². The number of aryl methyl sites for hydroxylation is 1. The van der Waals surface area contributed by atoms with Crippen molar-refractivity contribution in [2.75, 3.05) is 19.4 Å². The van der Waals surface area contributed by atoms with E-state index in [4.69, 9.17) is 10.5 Å². The number of carbonyl (C=O) groups is 1. The van der Waals surface area contributed by atoms with E-state index in [9.17, 15) is 23.3 Å². The average Bonchev–Trinajstić information content (AvgIpc) is 3.16. The van der Waals surface area contributed by atoms with Crippen molar-refractivity contribution in [2.24, 2.45) is 0 Å². The van der Waals surface area contributed by atoms with E-state index < -0.39 is 26.4 Å². The first-order chi connectivity index (χ1) is 16.1. The van der Waals surface area contributed by atoms with Gasteiger partial charge in [-0.1, -0.05) is 18.2 Å². The molecule has 0 unspecified atom stereocenters. The Kier molecular flexibility index (Phi) is 6.15. The van der Waals surface area contributed by atoms with Crippen LogP contribution < -0.4 is 20.5 Å². The first-order valence-corrected chi connectivity index (χ1v) is 12.0. The summed E-state index contributed by atoms with van der Waals surface area (Å²) < 4.78 is 34.5. The molecule has 0 saturated carbocycles. The predicted octanol–water partition coefficient (Wildman–Crippen LogP) is 2.51. The van der Waals surface area contributed by atoms with E-state index in [0.29, 0.717) is 23.2 Å². The van der Waals surface area contributed by atoms with Gasteiger partial charge in [0.25, 0.3) is 5.69 Å². The molecule has 34 heavy (non-hydrogen) atoms. The number of nitro benzene ring substituents is 1. The van der Waals surface area contributed by atoms with E-state index in [1.54, 1.807) is 24.3 Å². The standard InChI is InChI=1S/C23H24N4O6S/c1-33-18-5-3-16-4-6-19(14-17(16)13-18)34(31,32)26-23(10-11-25-22(23)28)9-8-15-2-7-20(24)21(12-15)27(29)30/h2-7,12-14,26H,8-11,24H2,1H3,(H,25,28)/t23-/m0/s1. The van der Waals surface area contributed by atoms with Crippen LogP contribution in [0.2, 0.25) is 0 Å². The Morgan fingerprint density at radius 1 is 1.15 bits per heavy atom. The number of hydrogen-bond acceptors (Lipinski definition) is 7. The lowest BCUT2D eigenvalue weighted by Gasteiger charge is -2.27. The minimum Gasteiger partial charge on any atom is -0.497 e. The molecule has 10 nitrogen and oxygen atoms in total. The zero-order chi connectivity index (χ0) is 24.5. The quantitative estimate of drug-likeness (QED) is 0.252. The number of carbonyl (C=O) groups excluding carboxylic acids is 1. The molecule has 0 aromatic heterocycles. The van der Waals surface area contributed by atoms with Crippen molar-refractivity contribution in [3.8, 4) is 5.75 Å². The number of nitrogens with two attached hydrogens (primary N) is 1. The SMILES string of the molecule is COc1ccc2ccc(S(=O)(=O)N[C@@]3(CCc4ccc(N)c([N+](=O)[O-])c4)CCNC3=O)cc2c1. The molecule has 0 spiro atoms. The Labute approximate surface area is 196 Å². The van der Waals surface area contributed by atoms with E-state index in [1.165, 1.54) is 31.4 Å². The van der Waals surface area contributed by atoms with Gasteiger partial charge in [-0.15, -0.1) is 0 Å². The van der Waals surface area contributed by atoms with Crippen molar-refractivity contribution in [3.05, 3.63) is 70.3 Å². The molecule has 1 aliphatic rings. The third-order valence-electron chi connectivity index (χ3n) is 6.06. The lowest BCUT2D eigenvalue weighted by atomic mass is 9.90. The van der Waals surface area contributed by atoms with Gasteiger partial charge < -0.3 is 15.8 Å². The first kappa shape index (κ1) is 23.5. The fourth-order valence-corrected chi connectivity index (χ4v) is 5.59. The average molecular weight is 485 g/mol. The van der Waals surface area contributed by atoms with Crippen LogP contribution in [-0.2, 0) is 21.2 Å². The number of amides is 1. The van der Waals surface area contributed by atoms with Gasteiger partial charge in [-0.2, -0.15) is 4.72 Å². The number of nitrogens with one attached hydrogen (secondary N) is 2. The second-order valence-corrected chi connectivity index (χ2v) is 9.90. The minimum atomic E-state index is -4.06. The van der Waals surface area contributed by atoms with Crippen LogP contribution in [0.1, 0.15) is 18.4 Å². The summed E-state index contributed by atoms with van der Waals surface area (Å²) in [6.07, 6.45) is 0.621. The first-order valence-electron chi connectivity index (χ1n) is 10.6. The van der Waals surface area contributed by atoms with Crippen molar-refractivity contribution >= 4 is 38.1 Å². The molecule has 3 aromatic carbocycles. The van der Waals surface area contributed by atoms with Gasteiger partial charge in [0, 0.05) is 12.6 Å². The Morgan fingerprint density at radius 2 is 1.91 bits per heavy atom. The van der Waals surface area contributed by atoms with Crippen LogP contribution in [0.4, 0.5) is 11.4 Å². The number of hydrogen-bond donors (Lipinski definition) is 3. The fourth-order valence-electron chi connectivity index (χ4n) is 4.13. The van der Waals surface area contributed by atoms with Gasteiger partial charge in [-0.3, -0.25) is 14.9 Å². The van der Waals surface area contributed by atoms with Gasteiger partial charge in [0.1, 0.15) is 17.0 Å². The maximum Gasteiger partial charge on any atom is 0.292 e. The summed E-state index contributed by atoms with van der Waals surface area (Å²) in [6, 6.07) is 14.5. The molecule has 1 heterocycles. The van der Waals surface area contributed by atoms with Crippen LogP contribution >= 0.6 is 0 Å². The van der Waals surface area contributed by atoms with Gasteiger partial charge in [0.05, 0.1) is 16.9 Å². The summed E-state index contributed by atoms with van der Waals surface area (Å²) in [7, 11) is -2.53. The largest absolute Gasteiger partial charge is 0.497 e. The van der Waals surface area contributed by atoms with E-state index in [1.807, 2.05) is 6.07 Å². The summed E-state index contributed by atoms with van der Waals surface area (Å²) in [5.74, 6) is 0.169. The molecular formula is C23H24N4O6S. The topological polar surface area (TPSA) is 154 Å². The van der Waals surface area contributed by atoms with Crippen LogP contribution in [0.25, 0.3) is 10.8 Å². The molecule has 1 saturated heterocycles. The maximum absolute atomic E-state index is 13.3. The van der Waals surface area contributed by atoms with Gasteiger partial charge >= 0.3 is 0 Å². The number of sulfonamides is 1. The third kappa shape index (κ3) is 4.52. The molecule has 178 valence electrons. The number of methoxy groups -OCH3 is 1. The number of ether oxygens (including phenoxy) is 1. The normalized spacial score (nSPS) is 18.1. The zero-order valence-corrected chi connectivity index (χ0v) is 19.2. The summed E-state index contributed by atoms with van der Waals surface area (Å²) in [4.78, 5) is 23.4. The summed E-state index contributed by atoms with van der Waals surface area (Å²) in [6.45, 7) is 0.318. The Morgan fingerprint density at radius 3 is 2.59 bits per heavy atom. The van der Waals surface area contributed by atoms with E-state index in [0.717, 1.165) is 5.39 Å². The number of fused-ring (bicyclic) bond motifs is 1. The van der Waals surface area contributed by atoms with Gasteiger partial charge in [0.2, 0.25) is 15.9 Å². The number of nitrogen functional groups attached to an aromatic ring is 1. The summed E-state index contributed by atoms with van der Waals surface area (Å²) in [5, 5.41) is 15.4. The van der Waals surface area contributed by atoms with Crippen molar-refractivity contribution < 1.29 is 22.9 Å². The molecule has 4 N–H and O–H groups in total. The second kappa shape index (κ2) is 8.92. The maximum atomic E-state index is 13.3. The summed E-state index contributed by atoms with van der Waals surface area (Å²) in [5.41, 5.74) is 4.67. The van der Waals surface area contributed by atoms with Gasteiger partial charge in [0.15, 0.2) is 0 Å². The van der Waals surface area contributed by atoms with Crippen LogP contribution in [0.5, 0.6) is 5.75 Å². The number of nitrogens with zero attached hydrogens (tertiary/aromatic N) is 1. The smallest absolute Gasteiger partial charge is 0.292 e. The molecule has 0 radical (unpaired) electrons. The highest BCUT2D eigenvalue weighted by Crippen LogP contribution is 2.30. The highest BCUT2D eigenvalue weighted by Gasteiger charge is 2.45. The Bertz CT molecular complexity index is 1390. The number of benzene rings is 3. The third-order valence-corrected chi connectivity index (χ3v) is 7.60. The number of anilines is 1. The lowest BCUT2D eigenvalue weighted by Crippen LogP contribution is -2.53. The molecule has 1 amide bonds. The highest BCUT2D eigenvalue weighted by atomic mass is 32.2. The summed E-state index contributed by atoms with van der Waals surface area (Å²) >= 11 is 0. The molecule has 3 aromatic rings. The molecule has 11 heteroatoms. The van der Waals surface area contributed by atoms with Gasteiger partial charge in [-0.25, -0.2) is 8.42 Å². The number of nitro groups is 1. The Balaban J connectivity index is 1.62. The van der Waals surface area contributed by atoms with Gasteiger partial charge in [-0.05, 0) is 65.9 Å². The molecule has 1 atom stereocenters. The fraction of sp³-hybridized carbons (Fsp3) is 0.261. The van der Waals surface area contributed by atoms with Crippen molar-refractivity contribution in [1.82, 2.24) is 10.0 Å². The van der Waals surface area contributed by atoms with Crippen LogP contribution in [0.15, 0.2) is 59.5 Å². The molecular weight excluding hydrogens is 460 g/mol. The highest BCUT2D eigenvalue weighted by molar-refractivity contribution is 7.89. The lowest BCUT2D eigenvalue weighted by molar-refractivity contribution is -0.384. The van der Waals surface area contributed by atoms with Crippen molar-refractivity contribution in [2.45, 2.75) is 29.7 Å². The monoisotopic (exact) mass is 484 g/mol. The molecule has 0 aliphatic carbocycles. The van der Waals surface area contributed by atoms with E-state index in [-0.39, 0.29) is 35.5 Å². The Hall–Kier alpha value is -3.70. The molecule has 1 aliphatic heterocycles. The second-order valence-electron chi connectivity index (χ2n) is 8.22. The zero-order valence-electron chi connectivity index (χ0n) is 18.4.